The summed E-state index contributed by atoms with van der Waals surface area (Å²) in [6.45, 7) is 3.70. The minimum absolute atomic E-state index is 0.311. The van der Waals surface area contributed by atoms with Crippen LogP contribution in [0.25, 0.3) is 0 Å². The fourth-order valence-electron chi connectivity index (χ4n) is 1.87. The van der Waals surface area contributed by atoms with Crippen molar-refractivity contribution in [1.82, 2.24) is 10.0 Å². The first-order valence-corrected chi connectivity index (χ1v) is 7.66. The molecule has 1 saturated heterocycles. The maximum atomic E-state index is 12.0. The summed E-state index contributed by atoms with van der Waals surface area (Å²) in [7, 11) is -3.33. The van der Waals surface area contributed by atoms with Crippen LogP contribution in [-0.4, -0.2) is 27.0 Å². The minimum atomic E-state index is -3.33. The second-order valence-electron chi connectivity index (χ2n) is 4.35. The van der Waals surface area contributed by atoms with Crippen molar-refractivity contribution in [1.29, 1.82) is 0 Å². The molecule has 0 aromatic carbocycles. The molecule has 2 N–H and O–H groups in total. The second kappa shape index (κ2) is 4.44. The number of rotatable bonds is 3. The Balaban J connectivity index is 2.14. The van der Waals surface area contributed by atoms with Gasteiger partial charge in [-0.1, -0.05) is 6.07 Å². The van der Waals surface area contributed by atoms with Crippen LogP contribution in [0.4, 0.5) is 0 Å². The third-order valence-electron chi connectivity index (χ3n) is 2.85. The molecule has 1 fully saturated rings. The molecule has 0 aliphatic carbocycles. The van der Waals surface area contributed by atoms with Crippen molar-refractivity contribution < 1.29 is 8.42 Å². The highest BCUT2D eigenvalue weighted by Crippen LogP contribution is 2.23. The Morgan fingerprint density at radius 3 is 2.69 bits per heavy atom. The Morgan fingerprint density at radius 1 is 1.44 bits per heavy atom. The van der Waals surface area contributed by atoms with E-state index in [-0.39, 0.29) is 5.54 Å². The van der Waals surface area contributed by atoms with Crippen LogP contribution in [0.15, 0.2) is 21.7 Å². The lowest BCUT2D eigenvalue weighted by atomic mass is 9.92. The smallest absolute Gasteiger partial charge is 0.250 e. The van der Waals surface area contributed by atoms with E-state index in [9.17, 15) is 8.42 Å². The maximum Gasteiger partial charge on any atom is 0.250 e. The average Bonchev–Trinajstić information content (AvgIpc) is 2.70. The summed E-state index contributed by atoms with van der Waals surface area (Å²) in [6.07, 6.45) is 1.66. The molecule has 1 aliphatic heterocycles. The van der Waals surface area contributed by atoms with Gasteiger partial charge in [0.1, 0.15) is 4.21 Å². The van der Waals surface area contributed by atoms with E-state index in [4.69, 9.17) is 0 Å². The molecule has 0 amide bonds. The van der Waals surface area contributed by atoms with Gasteiger partial charge in [0, 0.05) is 5.54 Å². The molecule has 0 saturated carbocycles. The zero-order valence-electron chi connectivity index (χ0n) is 9.19. The van der Waals surface area contributed by atoms with E-state index in [1.807, 2.05) is 6.92 Å². The fraction of sp³-hybridized carbons (Fsp3) is 0.600. The SMILES string of the molecule is CC1(NS(=O)(=O)c2cccs2)CCNCC1. The molecule has 1 aromatic rings. The Bertz CT molecular complexity index is 433. The van der Waals surface area contributed by atoms with Gasteiger partial charge in [0.05, 0.1) is 0 Å². The average molecular weight is 260 g/mol. The van der Waals surface area contributed by atoms with Gasteiger partial charge in [-0.25, -0.2) is 13.1 Å². The Labute approximate surface area is 100 Å². The molecule has 0 atom stereocenters. The molecule has 90 valence electrons. The second-order valence-corrected chi connectivity index (χ2v) is 7.21. The normalized spacial score (nSPS) is 20.8. The van der Waals surface area contributed by atoms with Crippen molar-refractivity contribution in [3.05, 3.63) is 17.5 Å². The third-order valence-corrected chi connectivity index (χ3v) is 5.88. The van der Waals surface area contributed by atoms with E-state index in [0.29, 0.717) is 4.21 Å². The number of hydrogen-bond donors (Lipinski definition) is 2. The van der Waals surface area contributed by atoms with Crippen molar-refractivity contribution in [2.75, 3.05) is 13.1 Å². The third kappa shape index (κ3) is 2.63. The first kappa shape index (κ1) is 12.0. The summed E-state index contributed by atoms with van der Waals surface area (Å²) in [5.41, 5.74) is -0.311. The molecule has 0 bridgehead atoms. The Kier molecular flexibility index (Phi) is 3.34. The van der Waals surface area contributed by atoms with Gasteiger partial charge >= 0.3 is 0 Å². The summed E-state index contributed by atoms with van der Waals surface area (Å²) in [4.78, 5) is 0. The van der Waals surface area contributed by atoms with Gasteiger partial charge in [-0.15, -0.1) is 11.3 Å². The van der Waals surface area contributed by atoms with E-state index in [1.165, 1.54) is 11.3 Å². The van der Waals surface area contributed by atoms with Crippen molar-refractivity contribution in [3.8, 4) is 0 Å². The van der Waals surface area contributed by atoms with Crippen LogP contribution < -0.4 is 10.0 Å². The van der Waals surface area contributed by atoms with Crippen LogP contribution in [-0.2, 0) is 10.0 Å². The zero-order chi connectivity index (χ0) is 11.6. The molecule has 4 nitrogen and oxygen atoms in total. The standard InChI is InChI=1S/C10H16N2O2S2/c1-10(4-6-11-7-5-10)12-16(13,14)9-3-2-8-15-9/h2-3,8,11-12H,4-7H2,1H3. The first-order valence-electron chi connectivity index (χ1n) is 5.30. The predicted octanol–water partition coefficient (Wildman–Crippen LogP) is 1.17. The minimum Gasteiger partial charge on any atom is -0.317 e. The van der Waals surface area contributed by atoms with Crippen LogP contribution in [0.2, 0.25) is 0 Å². The summed E-state index contributed by atoms with van der Waals surface area (Å²) in [6, 6.07) is 3.39. The molecule has 2 heterocycles. The molecule has 2 rings (SSSR count). The molecule has 0 spiro atoms. The van der Waals surface area contributed by atoms with Crippen molar-refractivity contribution in [3.63, 3.8) is 0 Å². The summed E-state index contributed by atoms with van der Waals surface area (Å²) in [5, 5.41) is 5.01. The van der Waals surface area contributed by atoms with Gasteiger partial charge < -0.3 is 5.32 Å². The van der Waals surface area contributed by atoms with E-state index in [2.05, 4.69) is 10.0 Å². The lowest BCUT2D eigenvalue weighted by molar-refractivity contribution is 0.308. The Hall–Kier alpha value is -0.430. The molecule has 1 aromatic heterocycles. The van der Waals surface area contributed by atoms with E-state index in [1.54, 1.807) is 17.5 Å². The van der Waals surface area contributed by atoms with Gasteiger partial charge in [-0.2, -0.15) is 0 Å². The molecule has 1 aliphatic rings. The van der Waals surface area contributed by atoms with Crippen LogP contribution in [0.3, 0.4) is 0 Å². The van der Waals surface area contributed by atoms with Gasteiger partial charge in [-0.3, -0.25) is 0 Å². The zero-order valence-corrected chi connectivity index (χ0v) is 10.8. The lowest BCUT2D eigenvalue weighted by Crippen LogP contribution is -2.52. The van der Waals surface area contributed by atoms with Gasteiger partial charge in [-0.05, 0) is 44.3 Å². The van der Waals surface area contributed by atoms with Gasteiger partial charge in [0.25, 0.3) is 10.0 Å². The lowest BCUT2D eigenvalue weighted by Gasteiger charge is -2.34. The van der Waals surface area contributed by atoms with E-state index >= 15 is 0 Å². The number of hydrogen-bond acceptors (Lipinski definition) is 4. The van der Waals surface area contributed by atoms with Crippen molar-refractivity contribution in [2.45, 2.75) is 29.5 Å². The fourth-order valence-corrected chi connectivity index (χ4v) is 4.33. The number of piperidine rings is 1. The molecule has 6 heteroatoms. The highest BCUT2D eigenvalue weighted by atomic mass is 32.2. The van der Waals surface area contributed by atoms with E-state index in [0.717, 1.165) is 25.9 Å². The molecule has 0 radical (unpaired) electrons. The quantitative estimate of drug-likeness (QED) is 0.857. The topological polar surface area (TPSA) is 58.2 Å². The maximum absolute atomic E-state index is 12.0. The Morgan fingerprint density at radius 2 is 2.12 bits per heavy atom. The monoisotopic (exact) mass is 260 g/mol. The number of sulfonamides is 1. The first-order chi connectivity index (χ1) is 7.52. The van der Waals surface area contributed by atoms with Gasteiger partial charge in [0.2, 0.25) is 0 Å². The van der Waals surface area contributed by atoms with Crippen LogP contribution >= 0.6 is 11.3 Å². The number of thiophene rings is 1. The highest BCUT2D eigenvalue weighted by molar-refractivity contribution is 7.91. The van der Waals surface area contributed by atoms with Crippen molar-refractivity contribution in [2.24, 2.45) is 0 Å². The molecule has 0 unspecified atom stereocenters. The summed E-state index contributed by atoms with van der Waals surface area (Å²) in [5.74, 6) is 0. The van der Waals surface area contributed by atoms with Crippen molar-refractivity contribution >= 4 is 21.4 Å². The summed E-state index contributed by atoms with van der Waals surface area (Å²) < 4.78 is 27.3. The highest BCUT2D eigenvalue weighted by Gasteiger charge is 2.32. The molecule has 16 heavy (non-hydrogen) atoms. The largest absolute Gasteiger partial charge is 0.317 e. The van der Waals surface area contributed by atoms with Crippen LogP contribution in [0.5, 0.6) is 0 Å². The van der Waals surface area contributed by atoms with Crippen LogP contribution in [0, 0.1) is 0 Å². The van der Waals surface area contributed by atoms with Crippen LogP contribution in [0.1, 0.15) is 19.8 Å². The predicted molar refractivity (Wildman–Crippen MR) is 65.1 cm³/mol. The van der Waals surface area contributed by atoms with E-state index < -0.39 is 10.0 Å². The molecular formula is C10H16N2O2S2. The van der Waals surface area contributed by atoms with Gasteiger partial charge in [0.15, 0.2) is 0 Å². The number of nitrogens with one attached hydrogen (secondary N) is 2. The molecular weight excluding hydrogens is 244 g/mol. The summed E-state index contributed by atoms with van der Waals surface area (Å²) >= 11 is 1.25.